The number of fused-ring (bicyclic) bond motifs is 3. The Hall–Kier alpha value is -1.99. The maximum absolute atomic E-state index is 12.6. The lowest BCUT2D eigenvalue weighted by Crippen LogP contribution is -2.42. The molecular weight excluding hydrogens is 294 g/mol. The summed E-state index contributed by atoms with van der Waals surface area (Å²) in [6, 6.07) is 1.07. The van der Waals surface area contributed by atoms with Gasteiger partial charge in [-0.1, -0.05) is 6.42 Å². The van der Waals surface area contributed by atoms with Gasteiger partial charge in [0.05, 0.1) is 5.92 Å². The number of likely N-dealkylation sites (N-methyl/N-ethyl adjacent to an activating group) is 1. The topological polar surface area (TPSA) is 69.3 Å². The molecule has 2 atom stereocenters. The Morgan fingerprint density at radius 3 is 2.86 bits per heavy atom. The zero-order valence-corrected chi connectivity index (χ0v) is 12.3. The van der Waals surface area contributed by atoms with Crippen LogP contribution in [0, 0.1) is 5.92 Å². The average Bonchev–Trinajstić information content (AvgIpc) is 2.87. The van der Waals surface area contributed by atoms with Crippen LogP contribution in [0.2, 0.25) is 0 Å². The van der Waals surface area contributed by atoms with Gasteiger partial charge in [-0.3, -0.25) is 14.7 Å². The number of hydrogen-bond donors (Lipinski definition) is 1. The van der Waals surface area contributed by atoms with E-state index in [9.17, 15) is 18.4 Å². The molecule has 1 aromatic rings. The van der Waals surface area contributed by atoms with Gasteiger partial charge in [-0.2, -0.15) is 5.10 Å². The number of aromatic amines is 1. The number of carbonyl (C=O) groups is 2. The molecule has 2 amide bonds. The Morgan fingerprint density at radius 2 is 2.18 bits per heavy atom. The largest absolute Gasteiger partial charge is 0.341 e. The Morgan fingerprint density at radius 1 is 1.41 bits per heavy atom. The van der Waals surface area contributed by atoms with E-state index in [-0.39, 0.29) is 29.3 Å². The number of carbonyl (C=O) groups excluding carboxylic acids is 2. The first-order chi connectivity index (χ1) is 10.5. The summed E-state index contributed by atoms with van der Waals surface area (Å²) in [5, 5.41) is 5.86. The lowest BCUT2D eigenvalue weighted by Gasteiger charge is -2.29. The maximum atomic E-state index is 12.6. The number of rotatable bonds is 2. The van der Waals surface area contributed by atoms with Crippen molar-refractivity contribution in [1.82, 2.24) is 20.0 Å². The molecule has 6 nitrogen and oxygen atoms in total. The molecule has 22 heavy (non-hydrogen) atoms. The summed E-state index contributed by atoms with van der Waals surface area (Å²) in [6.07, 6.45) is -0.117. The van der Waals surface area contributed by atoms with Crippen LogP contribution in [0.4, 0.5) is 8.78 Å². The molecule has 0 saturated carbocycles. The predicted octanol–water partition coefficient (Wildman–Crippen LogP) is 1.43. The first-order valence-electron chi connectivity index (χ1n) is 7.36. The van der Waals surface area contributed by atoms with Crippen LogP contribution >= 0.6 is 0 Å². The average molecular weight is 312 g/mol. The van der Waals surface area contributed by atoms with Gasteiger partial charge in [-0.15, -0.1) is 0 Å². The molecule has 3 rings (SSSR count). The van der Waals surface area contributed by atoms with Crippen LogP contribution < -0.4 is 0 Å². The highest BCUT2D eigenvalue weighted by Crippen LogP contribution is 2.27. The van der Waals surface area contributed by atoms with Crippen molar-refractivity contribution < 1.29 is 18.4 Å². The second kappa shape index (κ2) is 5.66. The minimum Gasteiger partial charge on any atom is -0.341 e. The van der Waals surface area contributed by atoms with Crippen molar-refractivity contribution in [2.75, 3.05) is 20.1 Å². The molecular formula is C14H18F2N4O2. The first kappa shape index (κ1) is 14.9. The molecule has 2 bridgehead atoms. The van der Waals surface area contributed by atoms with Crippen molar-refractivity contribution in [2.24, 2.45) is 5.92 Å². The molecule has 0 radical (unpaired) electrons. The highest BCUT2D eigenvalue weighted by atomic mass is 19.3. The monoisotopic (exact) mass is 312 g/mol. The van der Waals surface area contributed by atoms with E-state index in [1.54, 1.807) is 16.8 Å². The van der Waals surface area contributed by atoms with Crippen LogP contribution in [-0.4, -0.2) is 58.0 Å². The summed E-state index contributed by atoms with van der Waals surface area (Å²) >= 11 is 0. The van der Waals surface area contributed by atoms with E-state index in [1.165, 1.54) is 0 Å². The summed E-state index contributed by atoms with van der Waals surface area (Å²) in [5.74, 6) is -0.550. The quantitative estimate of drug-likeness (QED) is 0.898. The van der Waals surface area contributed by atoms with Gasteiger partial charge in [0.1, 0.15) is 5.69 Å². The molecule has 0 spiro atoms. The third-order valence-corrected chi connectivity index (χ3v) is 4.55. The minimum atomic E-state index is -2.69. The molecule has 0 unspecified atom stereocenters. The smallest absolute Gasteiger partial charge is 0.279 e. The number of aromatic nitrogens is 2. The van der Waals surface area contributed by atoms with Crippen LogP contribution in [0.15, 0.2) is 6.07 Å². The Bertz CT molecular complexity index is 589. The lowest BCUT2D eigenvalue weighted by molar-refractivity contribution is -0.134. The highest BCUT2D eigenvalue weighted by molar-refractivity contribution is 5.93. The van der Waals surface area contributed by atoms with E-state index in [2.05, 4.69) is 10.2 Å². The Labute approximate surface area is 126 Å². The summed E-state index contributed by atoms with van der Waals surface area (Å²) in [5.41, 5.74) is -0.392. The molecule has 0 aromatic carbocycles. The van der Waals surface area contributed by atoms with Crippen molar-refractivity contribution in [3.8, 4) is 0 Å². The summed E-state index contributed by atoms with van der Waals surface area (Å²) in [4.78, 5) is 28.1. The fourth-order valence-electron chi connectivity index (χ4n) is 3.25. The normalized spacial score (nSPS) is 25.5. The highest BCUT2D eigenvalue weighted by Gasteiger charge is 2.38. The molecule has 2 saturated heterocycles. The van der Waals surface area contributed by atoms with Gasteiger partial charge in [-0.25, -0.2) is 8.78 Å². The van der Waals surface area contributed by atoms with Crippen LogP contribution in [0.25, 0.3) is 0 Å². The van der Waals surface area contributed by atoms with Gasteiger partial charge >= 0.3 is 0 Å². The van der Waals surface area contributed by atoms with Crippen LogP contribution in [0.3, 0.4) is 0 Å². The molecule has 3 heterocycles. The molecule has 2 fully saturated rings. The number of nitrogens with one attached hydrogen (secondary N) is 1. The third kappa shape index (κ3) is 2.57. The third-order valence-electron chi connectivity index (χ3n) is 4.55. The summed E-state index contributed by atoms with van der Waals surface area (Å²) in [6.45, 7) is 0.754. The fraction of sp³-hybridized carbons (Fsp3) is 0.643. The number of alkyl halides is 2. The van der Waals surface area contributed by atoms with E-state index >= 15 is 0 Å². The minimum absolute atomic E-state index is 0.0162. The van der Waals surface area contributed by atoms with Crippen LogP contribution in [0.1, 0.15) is 41.9 Å². The van der Waals surface area contributed by atoms with Gasteiger partial charge in [0.25, 0.3) is 12.3 Å². The van der Waals surface area contributed by atoms with E-state index in [0.717, 1.165) is 25.3 Å². The van der Waals surface area contributed by atoms with E-state index in [1.807, 2.05) is 0 Å². The van der Waals surface area contributed by atoms with Crippen molar-refractivity contribution in [1.29, 1.82) is 0 Å². The van der Waals surface area contributed by atoms with Crippen LogP contribution in [-0.2, 0) is 4.79 Å². The molecule has 0 aliphatic carbocycles. The molecule has 8 heteroatoms. The first-order valence-corrected chi connectivity index (χ1v) is 7.36. The molecule has 2 aliphatic rings. The number of hydrogen-bond acceptors (Lipinski definition) is 3. The number of amides is 2. The number of halogens is 2. The van der Waals surface area contributed by atoms with Crippen molar-refractivity contribution in [3.63, 3.8) is 0 Å². The number of nitrogens with zero attached hydrogens (tertiary/aromatic N) is 3. The van der Waals surface area contributed by atoms with Gasteiger partial charge in [0.15, 0.2) is 5.69 Å². The second-order valence-corrected chi connectivity index (χ2v) is 5.95. The SMILES string of the molecule is CN1C(=O)[C@@H]2CCC[C@H]1CN(C(=O)c1cc(C(F)F)[nH]n1)C2. The van der Waals surface area contributed by atoms with Crippen LogP contribution in [0.5, 0.6) is 0 Å². The van der Waals surface area contributed by atoms with Gasteiger partial charge in [0.2, 0.25) is 5.91 Å². The van der Waals surface area contributed by atoms with E-state index < -0.39 is 12.3 Å². The standard InChI is InChI=1S/C14H18F2N4O2/c1-19-9-4-2-3-8(13(19)21)6-20(7-9)14(22)11-5-10(12(15)16)17-18-11/h5,8-9,12H,2-4,6-7H2,1H3,(H,17,18)/t8-,9+/m1/s1. The van der Waals surface area contributed by atoms with Crippen molar-refractivity contribution in [3.05, 3.63) is 17.5 Å². The molecule has 1 N–H and O–H groups in total. The van der Waals surface area contributed by atoms with Crippen molar-refractivity contribution in [2.45, 2.75) is 31.7 Å². The Balaban J connectivity index is 1.82. The van der Waals surface area contributed by atoms with E-state index in [0.29, 0.717) is 13.1 Å². The summed E-state index contributed by atoms with van der Waals surface area (Å²) < 4.78 is 25.2. The van der Waals surface area contributed by atoms with Gasteiger partial charge in [-0.05, 0) is 18.9 Å². The zero-order valence-electron chi connectivity index (χ0n) is 12.3. The Kier molecular flexibility index (Phi) is 3.84. The number of likely N-dealkylation sites (tertiary alicyclic amines) is 1. The fourth-order valence-corrected chi connectivity index (χ4v) is 3.25. The lowest BCUT2D eigenvalue weighted by atomic mass is 9.99. The predicted molar refractivity (Wildman–Crippen MR) is 73.3 cm³/mol. The zero-order chi connectivity index (χ0) is 15.9. The molecule has 2 aliphatic heterocycles. The van der Waals surface area contributed by atoms with Gasteiger partial charge < -0.3 is 9.80 Å². The maximum Gasteiger partial charge on any atom is 0.279 e. The summed E-state index contributed by atoms with van der Waals surface area (Å²) in [7, 11) is 1.77. The van der Waals surface area contributed by atoms with E-state index in [4.69, 9.17) is 0 Å². The second-order valence-electron chi connectivity index (χ2n) is 5.95. The molecule has 1 aromatic heterocycles. The van der Waals surface area contributed by atoms with Gasteiger partial charge in [0, 0.05) is 26.2 Å². The molecule has 120 valence electrons. The van der Waals surface area contributed by atoms with Crippen molar-refractivity contribution >= 4 is 11.8 Å². The number of H-pyrrole nitrogens is 1.